The molecule has 2 aromatic heterocycles. The number of hydrogen-bond acceptors (Lipinski definition) is 6. The minimum atomic E-state index is -0.216. The Morgan fingerprint density at radius 3 is 2.61 bits per heavy atom. The first-order valence-corrected chi connectivity index (χ1v) is 6.74. The summed E-state index contributed by atoms with van der Waals surface area (Å²) in [6.07, 6.45) is 1.53. The lowest BCUT2D eigenvalue weighted by atomic mass is 10.1. The Labute approximate surface area is 131 Å². The van der Waals surface area contributed by atoms with Crippen LogP contribution in [0.3, 0.4) is 0 Å². The van der Waals surface area contributed by atoms with Crippen LogP contribution < -0.4 is 4.74 Å². The minimum Gasteiger partial charge on any atom is -0.434 e. The van der Waals surface area contributed by atoms with Gasteiger partial charge in [-0.15, -0.1) is 0 Å². The zero-order chi connectivity index (χ0) is 16.2. The number of rotatable bonds is 4. The minimum absolute atomic E-state index is 0.116. The molecule has 0 bridgehead atoms. The van der Waals surface area contributed by atoms with Crippen LogP contribution in [0.2, 0.25) is 0 Å². The Kier molecular flexibility index (Phi) is 3.80. The smallest absolute Gasteiger partial charge is 0.269 e. The van der Waals surface area contributed by atoms with Crippen LogP contribution in [0.1, 0.15) is 23.0 Å². The fourth-order valence-corrected chi connectivity index (χ4v) is 1.96. The predicted octanol–water partition coefficient (Wildman–Crippen LogP) is 2.73. The number of nitrogens with zero attached hydrogens (tertiary/aromatic N) is 4. The molecule has 0 fully saturated rings. The summed E-state index contributed by atoms with van der Waals surface area (Å²) in [5.41, 5.74) is 2.44. The molecule has 0 aliphatic carbocycles. The van der Waals surface area contributed by atoms with Crippen molar-refractivity contribution in [1.82, 2.24) is 20.4 Å². The van der Waals surface area contributed by atoms with E-state index in [4.69, 9.17) is 10.00 Å². The molecule has 1 aromatic carbocycles. The quantitative estimate of drug-likeness (QED) is 0.743. The van der Waals surface area contributed by atoms with Crippen molar-refractivity contribution in [3.63, 3.8) is 0 Å². The number of nitrogens with one attached hydrogen (secondary N) is 1. The van der Waals surface area contributed by atoms with Gasteiger partial charge in [-0.3, -0.25) is 14.9 Å². The first-order chi connectivity index (χ1) is 11.2. The van der Waals surface area contributed by atoms with E-state index in [9.17, 15) is 4.79 Å². The molecule has 0 amide bonds. The zero-order valence-electron chi connectivity index (χ0n) is 12.1. The number of carbonyl (C=O) groups is 1. The van der Waals surface area contributed by atoms with Gasteiger partial charge in [-0.1, -0.05) is 22.4 Å². The summed E-state index contributed by atoms with van der Waals surface area (Å²) >= 11 is 0. The molecular weight excluding hydrogens is 294 g/mol. The molecule has 0 spiro atoms. The van der Waals surface area contributed by atoms with E-state index in [-0.39, 0.29) is 17.4 Å². The molecule has 0 aliphatic rings. The van der Waals surface area contributed by atoms with Gasteiger partial charge >= 0.3 is 0 Å². The van der Waals surface area contributed by atoms with Crippen LogP contribution in [0.25, 0.3) is 11.3 Å². The molecule has 0 saturated heterocycles. The van der Waals surface area contributed by atoms with E-state index < -0.39 is 0 Å². The van der Waals surface area contributed by atoms with Gasteiger partial charge in [0.25, 0.3) is 5.88 Å². The van der Waals surface area contributed by atoms with Gasteiger partial charge in [0.2, 0.25) is 0 Å². The summed E-state index contributed by atoms with van der Waals surface area (Å²) < 4.78 is 5.51. The third-order valence-electron chi connectivity index (χ3n) is 3.13. The Morgan fingerprint density at radius 2 is 2.00 bits per heavy atom. The molecule has 2 heterocycles. The number of hydrogen-bond donors (Lipinski definition) is 1. The van der Waals surface area contributed by atoms with E-state index in [0.717, 1.165) is 11.3 Å². The maximum atomic E-state index is 11.4. The summed E-state index contributed by atoms with van der Waals surface area (Å²) in [6, 6.07) is 12.7. The van der Waals surface area contributed by atoms with E-state index in [1.807, 2.05) is 12.1 Å². The largest absolute Gasteiger partial charge is 0.434 e. The van der Waals surface area contributed by atoms with Crippen molar-refractivity contribution < 1.29 is 9.53 Å². The number of nitriles is 1. The Balaban J connectivity index is 1.80. The number of benzene rings is 1. The molecule has 0 saturated carbocycles. The summed E-state index contributed by atoms with van der Waals surface area (Å²) in [7, 11) is 0. The normalized spacial score (nSPS) is 10.1. The summed E-state index contributed by atoms with van der Waals surface area (Å²) in [4.78, 5) is 15.7. The highest BCUT2D eigenvalue weighted by Gasteiger charge is 2.14. The molecule has 7 heteroatoms. The third-order valence-corrected chi connectivity index (χ3v) is 3.13. The summed E-state index contributed by atoms with van der Waals surface area (Å²) in [6.45, 7) is 1.40. The van der Waals surface area contributed by atoms with Crippen molar-refractivity contribution in [2.75, 3.05) is 0 Å². The highest BCUT2D eigenvalue weighted by molar-refractivity contribution is 5.94. The number of aromatic nitrogens is 4. The molecule has 112 valence electrons. The Hall–Kier alpha value is -3.53. The van der Waals surface area contributed by atoms with Crippen molar-refractivity contribution in [2.45, 2.75) is 6.92 Å². The lowest BCUT2D eigenvalue weighted by molar-refractivity contribution is 0.101. The van der Waals surface area contributed by atoms with E-state index in [0.29, 0.717) is 11.3 Å². The molecular formula is C16H11N5O2. The van der Waals surface area contributed by atoms with Crippen LogP contribution in [0.4, 0.5) is 0 Å². The summed E-state index contributed by atoms with van der Waals surface area (Å²) in [5, 5.41) is 18.6. The van der Waals surface area contributed by atoms with Crippen LogP contribution >= 0.6 is 0 Å². The molecule has 0 unspecified atom stereocenters. The number of ketones is 1. The standard InChI is InChI=1S/C16H11N5O2/c1-10(22)15-16(20-21-19-15)23-13-6-7-14(18-9-13)12-4-2-11(8-17)3-5-12/h2-7,9H,1H3,(H,19,20,21). The molecule has 0 aliphatic heterocycles. The molecule has 3 aromatic rings. The van der Waals surface area contributed by atoms with Gasteiger partial charge in [0, 0.05) is 12.5 Å². The number of ether oxygens (including phenoxy) is 1. The number of aromatic amines is 1. The van der Waals surface area contributed by atoms with Crippen molar-refractivity contribution in [3.8, 4) is 29.0 Å². The Bertz CT molecular complexity index is 876. The number of carbonyl (C=O) groups excluding carboxylic acids is 1. The van der Waals surface area contributed by atoms with Crippen molar-refractivity contribution >= 4 is 5.78 Å². The highest BCUT2D eigenvalue weighted by atomic mass is 16.5. The average Bonchev–Trinajstić information content (AvgIpc) is 3.04. The monoisotopic (exact) mass is 305 g/mol. The lowest BCUT2D eigenvalue weighted by Crippen LogP contribution is -1.96. The highest BCUT2D eigenvalue weighted by Crippen LogP contribution is 2.24. The molecule has 0 radical (unpaired) electrons. The van der Waals surface area contributed by atoms with Crippen LogP contribution in [0.5, 0.6) is 11.6 Å². The topological polar surface area (TPSA) is 105 Å². The number of pyridine rings is 1. The van der Waals surface area contributed by atoms with E-state index in [1.165, 1.54) is 13.1 Å². The first kappa shape index (κ1) is 14.4. The van der Waals surface area contributed by atoms with Gasteiger partial charge in [0.1, 0.15) is 5.75 Å². The van der Waals surface area contributed by atoms with Gasteiger partial charge in [-0.05, 0) is 24.3 Å². The van der Waals surface area contributed by atoms with Crippen molar-refractivity contribution in [2.24, 2.45) is 0 Å². The van der Waals surface area contributed by atoms with E-state index >= 15 is 0 Å². The van der Waals surface area contributed by atoms with Crippen LogP contribution in [-0.4, -0.2) is 26.2 Å². The van der Waals surface area contributed by atoms with Crippen molar-refractivity contribution in [1.29, 1.82) is 5.26 Å². The summed E-state index contributed by atoms with van der Waals surface area (Å²) in [5.74, 6) is 0.344. The van der Waals surface area contributed by atoms with Gasteiger partial charge in [0.15, 0.2) is 11.5 Å². The maximum Gasteiger partial charge on any atom is 0.269 e. The fraction of sp³-hybridized carbons (Fsp3) is 0.0625. The van der Waals surface area contributed by atoms with Gasteiger partial charge in [0.05, 0.1) is 23.5 Å². The molecule has 7 nitrogen and oxygen atoms in total. The van der Waals surface area contributed by atoms with Crippen LogP contribution in [0, 0.1) is 11.3 Å². The second-order valence-electron chi connectivity index (χ2n) is 4.72. The lowest BCUT2D eigenvalue weighted by Gasteiger charge is -2.05. The third kappa shape index (κ3) is 3.06. The Morgan fingerprint density at radius 1 is 1.22 bits per heavy atom. The molecule has 23 heavy (non-hydrogen) atoms. The van der Waals surface area contributed by atoms with Gasteiger partial charge in [-0.25, -0.2) is 0 Å². The van der Waals surface area contributed by atoms with E-state index in [1.54, 1.807) is 24.3 Å². The van der Waals surface area contributed by atoms with Gasteiger partial charge < -0.3 is 4.74 Å². The molecule has 3 rings (SSSR count). The van der Waals surface area contributed by atoms with Crippen LogP contribution in [-0.2, 0) is 0 Å². The fourth-order valence-electron chi connectivity index (χ4n) is 1.96. The van der Waals surface area contributed by atoms with Crippen molar-refractivity contribution in [3.05, 3.63) is 53.9 Å². The van der Waals surface area contributed by atoms with Crippen LogP contribution in [0.15, 0.2) is 42.6 Å². The van der Waals surface area contributed by atoms with Gasteiger partial charge in [-0.2, -0.15) is 5.26 Å². The second kappa shape index (κ2) is 6.07. The first-order valence-electron chi connectivity index (χ1n) is 6.74. The average molecular weight is 305 g/mol. The van der Waals surface area contributed by atoms with E-state index in [2.05, 4.69) is 26.5 Å². The zero-order valence-corrected chi connectivity index (χ0v) is 12.1. The molecule has 1 N–H and O–H groups in total. The maximum absolute atomic E-state index is 11.4. The number of Topliss-reactive ketones (excluding diaryl/α,β-unsaturated/α-hetero) is 1. The molecule has 0 atom stereocenters. The second-order valence-corrected chi connectivity index (χ2v) is 4.72. The predicted molar refractivity (Wildman–Crippen MR) is 80.8 cm³/mol. The number of H-pyrrole nitrogens is 1. The SMILES string of the molecule is CC(=O)c1[nH]nnc1Oc1ccc(-c2ccc(C#N)cc2)nc1.